The fourth-order valence-corrected chi connectivity index (χ4v) is 5.74. The van der Waals surface area contributed by atoms with Crippen LogP contribution in [0.3, 0.4) is 0 Å². The van der Waals surface area contributed by atoms with Crippen molar-refractivity contribution in [2.24, 2.45) is 0 Å². The number of benzene rings is 3. The van der Waals surface area contributed by atoms with Gasteiger partial charge in [-0.2, -0.15) is 10.4 Å². The van der Waals surface area contributed by atoms with Gasteiger partial charge in [0.2, 0.25) is 5.91 Å². The molecule has 1 saturated heterocycles. The third kappa shape index (κ3) is 5.43. The molecule has 11 heteroatoms. The van der Waals surface area contributed by atoms with Crippen molar-refractivity contribution in [2.75, 3.05) is 25.2 Å². The summed E-state index contributed by atoms with van der Waals surface area (Å²) in [5.41, 5.74) is 2.23. The summed E-state index contributed by atoms with van der Waals surface area (Å²) >= 11 is 0. The summed E-state index contributed by atoms with van der Waals surface area (Å²) < 4.78 is 14.1. The van der Waals surface area contributed by atoms with Gasteiger partial charge in [0, 0.05) is 18.2 Å². The Morgan fingerprint density at radius 2 is 1.74 bits per heavy atom. The van der Waals surface area contributed by atoms with Crippen LogP contribution in [0.25, 0.3) is 16.6 Å². The number of hydrogen-bond donors (Lipinski definition) is 2. The maximum atomic E-state index is 14.6. The molecule has 1 spiro atoms. The molecule has 6 rings (SSSR count). The summed E-state index contributed by atoms with van der Waals surface area (Å²) in [6.45, 7) is 2.70. The Kier molecular flexibility index (Phi) is 8.69. The molecule has 2 aliphatic heterocycles. The molecule has 0 aliphatic carbocycles. The second kappa shape index (κ2) is 12.4. The minimum atomic E-state index is -0.976. The molecule has 10 nitrogen and oxygen atoms in total. The highest BCUT2D eigenvalue weighted by molar-refractivity contribution is 6.02. The van der Waals surface area contributed by atoms with Gasteiger partial charge >= 0.3 is 0 Å². The van der Waals surface area contributed by atoms with Gasteiger partial charge in [0.25, 0.3) is 5.91 Å². The summed E-state index contributed by atoms with van der Waals surface area (Å²) in [5.74, 6) is -0.0154. The first-order chi connectivity index (χ1) is 20.5. The van der Waals surface area contributed by atoms with Crippen LogP contribution in [-0.4, -0.2) is 59.5 Å². The van der Waals surface area contributed by atoms with E-state index in [0.717, 1.165) is 10.9 Å². The molecule has 0 bridgehead atoms. The highest BCUT2D eigenvalue weighted by Gasteiger charge is 2.51. The molecule has 4 aromatic rings. The van der Waals surface area contributed by atoms with Crippen LogP contribution in [0.2, 0.25) is 0 Å². The molecule has 2 aliphatic rings. The first-order valence-corrected chi connectivity index (χ1v) is 14.1. The van der Waals surface area contributed by atoms with E-state index < -0.39 is 17.7 Å². The number of nitrogens with zero attached hydrogens (tertiary/aromatic N) is 4. The fourth-order valence-electron chi connectivity index (χ4n) is 5.74. The number of carbonyl (C=O) groups excluding carboxylic acids is 2. The minimum absolute atomic E-state index is 0. The molecule has 0 saturated carbocycles. The largest absolute Gasteiger partial charge is 0.482 e. The monoisotopic (exact) mass is 600 g/mol. The van der Waals surface area contributed by atoms with Crippen molar-refractivity contribution in [3.63, 3.8) is 0 Å². The summed E-state index contributed by atoms with van der Waals surface area (Å²) in [7, 11) is 1.70. The van der Waals surface area contributed by atoms with Gasteiger partial charge in [-0.25, -0.2) is 4.68 Å². The van der Waals surface area contributed by atoms with Gasteiger partial charge in [-0.1, -0.05) is 42.5 Å². The predicted molar refractivity (Wildman–Crippen MR) is 165 cm³/mol. The van der Waals surface area contributed by atoms with Crippen LogP contribution in [0.5, 0.6) is 5.75 Å². The Balaban J connectivity index is 0.00000368. The number of nitrogens with one attached hydrogen (secondary N) is 2. The van der Waals surface area contributed by atoms with Crippen molar-refractivity contribution >= 4 is 40.8 Å². The number of rotatable bonds is 6. The van der Waals surface area contributed by atoms with Gasteiger partial charge in [0.05, 0.1) is 53.9 Å². The number of aromatic nitrogens is 2. The Hall–Kier alpha value is -4.43. The number of nitriles is 1. The number of carbonyl (C=O) groups is 2. The Bertz CT molecular complexity index is 1690. The molecule has 1 fully saturated rings. The zero-order valence-corrected chi connectivity index (χ0v) is 24.8. The van der Waals surface area contributed by atoms with Crippen molar-refractivity contribution in [2.45, 2.75) is 44.0 Å². The summed E-state index contributed by atoms with van der Waals surface area (Å²) in [6, 6.07) is 23.3. The third-order valence-corrected chi connectivity index (χ3v) is 8.18. The molecule has 0 unspecified atom stereocenters. The highest BCUT2D eigenvalue weighted by Crippen LogP contribution is 2.42. The average molecular weight is 601 g/mol. The quantitative estimate of drug-likeness (QED) is 0.344. The lowest BCUT2D eigenvalue weighted by molar-refractivity contribution is -0.138. The number of halogens is 1. The normalized spacial score (nSPS) is 18.1. The summed E-state index contributed by atoms with van der Waals surface area (Å²) in [4.78, 5) is 29.5. The van der Waals surface area contributed by atoms with Crippen molar-refractivity contribution < 1.29 is 19.1 Å². The number of amides is 2. The van der Waals surface area contributed by atoms with E-state index in [2.05, 4.69) is 16.7 Å². The standard InChI is InChI=1S/C32H32N6O4.ClH/c1-21(34-2)30(39)35-29-31(40)37(27-13-7-8-14-28(27)42-32(29)15-17-41-18-16-32)20-24-23-10-4-6-12-26(23)38(36-24)25-11-5-3-9-22(25)19-33;/h3-14,21,29,34H,15-18,20H2,1-2H3,(H,35,39);1H/t21-,29+;/m0./s1. The molecule has 2 amide bonds. The van der Waals surface area contributed by atoms with Gasteiger partial charge in [-0.15, -0.1) is 12.4 Å². The first kappa shape index (κ1) is 30.0. The summed E-state index contributed by atoms with van der Waals surface area (Å²) in [5, 5.41) is 21.5. The second-order valence-electron chi connectivity index (χ2n) is 10.6. The number of fused-ring (bicyclic) bond motifs is 2. The number of para-hydroxylation sites is 4. The van der Waals surface area contributed by atoms with Crippen molar-refractivity contribution in [1.29, 1.82) is 5.26 Å². The zero-order chi connectivity index (χ0) is 29.3. The lowest BCUT2D eigenvalue weighted by atomic mass is 9.84. The molecule has 2 N–H and O–H groups in total. The van der Waals surface area contributed by atoms with Crippen LogP contribution in [-0.2, 0) is 20.9 Å². The fraction of sp³-hybridized carbons (Fsp3) is 0.312. The van der Waals surface area contributed by atoms with Crippen LogP contribution in [0.4, 0.5) is 5.69 Å². The van der Waals surface area contributed by atoms with E-state index >= 15 is 0 Å². The molecular formula is C32H33ClN6O4. The topological polar surface area (TPSA) is 122 Å². The van der Waals surface area contributed by atoms with E-state index in [1.54, 1.807) is 29.6 Å². The van der Waals surface area contributed by atoms with E-state index in [0.29, 0.717) is 54.4 Å². The van der Waals surface area contributed by atoms with Crippen molar-refractivity contribution in [3.05, 3.63) is 84.1 Å². The lowest BCUT2D eigenvalue weighted by Crippen LogP contribution is -2.65. The van der Waals surface area contributed by atoms with Crippen LogP contribution >= 0.6 is 12.4 Å². The van der Waals surface area contributed by atoms with Gasteiger partial charge in [0.1, 0.15) is 23.5 Å². The smallest absolute Gasteiger partial charge is 0.254 e. The molecule has 1 aromatic heterocycles. The van der Waals surface area contributed by atoms with Gasteiger partial charge in [0.15, 0.2) is 0 Å². The molecule has 222 valence electrons. The Labute approximate surface area is 256 Å². The molecular weight excluding hydrogens is 568 g/mol. The maximum absolute atomic E-state index is 14.6. The van der Waals surface area contributed by atoms with Gasteiger partial charge in [-0.3, -0.25) is 9.59 Å². The predicted octanol–water partition coefficient (Wildman–Crippen LogP) is 3.89. The highest BCUT2D eigenvalue weighted by atomic mass is 35.5. The number of ether oxygens (including phenoxy) is 2. The van der Waals surface area contributed by atoms with Crippen molar-refractivity contribution in [1.82, 2.24) is 20.4 Å². The summed E-state index contributed by atoms with van der Waals surface area (Å²) in [6.07, 6.45) is 0.893. The van der Waals surface area contributed by atoms with E-state index in [-0.39, 0.29) is 30.8 Å². The minimum Gasteiger partial charge on any atom is -0.482 e. The number of hydrogen-bond acceptors (Lipinski definition) is 7. The Morgan fingerprint density at radius 3 is 2.49 bits per heavy atom. The van der Waals surface area contributed by atoms with E-state index in [4.69, 9.17) is 14.6 Å². The van der Waals surface area contributed by atoms with Gasteiger partial charge < -0.3 is 25.0 Å². The second-order valence-corrected chi connectivity index (χ2v) is 10.6. The SMILES string of the molecule is CN[C@@H](C)C(=O)N[C@@H]1C(=O)N(Cc2nn(-c3ccccc3C#N)c3ccccc23)c2ccccc2OC12CCOCC2.Cl. The van der Waals surface area contributed by atoms with Crippen LogP contribution in [0.15, 0.2) is 72.8 Å². The lowest BCUT2D eigenvalue weighted by Gasteiger charge is -2.41. The number of anilines is 1. The van der Waals surface area contributed by atoms with Crippen molar-refractivity contribution in [3.8, 4) is 17.5 Å². The van der Waals surface area contributed by atoms with Crippen LogP contribution < -0.4 is 20.3 Å². The van der Waals surface area contributed by atoms with Crippen LogP contribution in [0.1, 0.15) is 31.0 Å². The molecule has 43 heavy (non-hydrogen) atoms. The third-order valence-electron chi connectivity index (χ3n) is 8.18. The molecule has 0 radical (unpaired) electrons. The maximum Gasteiger partial charge on any atom is 0.254 e. The Morgan fingerprint density at radius 1 is 1.07 bits per heavy atom. The van der Waals surface area contributed by atoms with Gasteiger partial charge in [-0.05, 0) is 44.3 Å². The van der Waals surface area contributed by atoms with E-state index in [1.807, 2.05) is 66.7 Å². The zero-order valence-electron chi connectivity index (χ0n) is 23.9. The van der Waals surface area contributed by atoms with E-state index in [1.165, 1.54) is 0 Å². The molecule has 3 aromatic carbocycles. The molecule has 3 heterocycles. The average Bonchev–Trinajstić information content (AvgIpc) is 3.36. The van der Waals surface area contributed by atoms with E-state index in [9.17, 15) is 14.9 Å². The molecule has 2 atom stereocenters. The number of likely N-dealkylation sites (N-methyl/N-ethyl adjacent to an activating group) is 1. The van der Waals surface area contributed by atoms with Crippen LogP contribution in [0, 0.1) is 11.3 Å². The first-order valence-electron chi connectivity index (χ1n) is 14.1.